The fourth-order valence-electron chi connectivity index (χ4n) is 13.8. The number of carbonyl (C=O) groups is 8. The molecule has 0 aromatic carbocycles. The predicted octanol–water partition coefficient (Wildman–Crippen LogP) is 33.0. The maximum absolute atomic E-state index is 11.9. The van der Waals surface area contributed by atoms with Crippen molar-refractivity contribution in [2.75, 3.05) is 19.8 Å². The number of ether oxygens (including phenoxy) is 8. The molecule has 0 atom stereocenters. The van der Waals surface area contributed by atoms with Gasteiger partial charge in [-0.25, -0.2) is 0 Å². The topological polar surface area (TPSA) is 210 Å². The van der Waals surface area contributed by atoms with Crippen molar-refractivity contribution >= 4 is 47.8 Å². The van der Waals surface area contributed by atoms with Crippen LogP contribution in [0.15, 0.2) is 0 Å². The van der Waals surface area contributed by atoms with Gasteiger partial charge in [0.25, 0.3) is 0 Å². The van der Waals surface area contributed by atoms with Gasteiger partial charge in [-0.3, -0.25) is 38.4 Å². The van der Waals surface area contributed by atoms with Crippen LogP contribution in [0, 0.1) is 106 Å². The van der Waals surface area contributed by atoms with Crippen molar-refractivity contribution in [3.63, 3.8) is 0 Å². The van der Waals surface area contributed by atoms with Gasteiger partial charge in [-0.1, -0.05) is 254 Å². The Morgan fingerprint density at radius 2 is 0.547 bits per heavy atom. The van der Waals surface area contributed by atoms with Crippen molar-refractivity contribution in [2.24, 2.45) is 106 Å². The van der Waals surface area contributed by atoms with E-state index in [4.69, 9.17) is 37.9 Å². The van der Waals surface area contributed by atoms with Crippen LogP contribution in [0.1, 0.15) is 521 Å². The molecule has 0 bridgehead atoms. The number of carbonyl (C=O) groups excluding carboxylic acids is 8. The van der Waals surface area contributed by atoms with E-state index in [0.717, 1.165) is 93.8 Å². The maximum Gasteiger partial charge on any atom is 0.311 e. The predicted molar refractivity (Wildman–Crippen MR) is 546 cm³/mol. The average molecular weight is 1830 g/mol. The molecule has 128 heavy (non-hydrogen) atoms. The SMILES string of the molecule is CC.CC.CC.CC.CC.CC.CC.CC(=O)OC1CC(C(C)(C)C(C)(C)C)C1.CC(=O)OC1CC(C)C1.CC(C)(C)C(=O)OCC(C)(C)C(C)(C)C.CC(C)(C)C(=O)OCC1(C(C)(C)C)CCCC1.CC1CCC(COC(=O)C(C)(C)C)CC1.CC1CCC(OC(=O)C(C)(C)C)CC1.CC1CCC(OC(=O)C(C)(C)C)CC1.CCC1CCC(OC(=O)C(C)(C)C)CC1. The minimum Gasteiger partial charge on any atom is -0.465 e. The summed E-state index contributed by atoms with van der Waals surface area (Å²) in [4.78, 5) is 91.0. The minimum atomic E-state index is -0.409. The van der Waals surface area contributed by atoms with Gasteiger partial charge in [-0.2, -0.15) is 0 Å². The van der Waals surface area contributed by atoms with Gasteiger partial charge in [0.05, 0.1) is 52.3 Å². The lowest BCUT2D eigenvalue weighted by molar-refractivity contribution is -0.161. The summed E-state index contributed by atoms with van der Waals surface area (Å²) in [6.45, 7) is 107. The first-order valence-corrected chi connectivity index (χ1v) is 51.9. The summed E-state index contributed by atoms with van der Waals surface area (Å²) < 4.78 is 42.8. The number of rotatable bonds is 13. The van der Waals surface area contributed by atoms with Crippen LogP contribution in [0.3, 0.4) is 0 Å². The first kappa shape index (κ1) is 139. The molecule has 7 saturated carbocycles. The van der Waals surface area contributed by atoms with Crippen molar-refractivity contribution in [3.8, 4) is 0 Å². The third-order valence-electron chi connectivity index (χ3n) is 25.6. The Kier molecular flexibility index (Phi) is 73.8. The molecule has 0 radical (unpaired) electrons. The highest BCUT2D eigenvalue weighted by molar-refractivity contribution is 5.77. The molecule has 0 aliphatic heterocycles. The number of esters is 8. The zero-order valence-corrected chi connectivity index (χ0v) is 95.3. The molecule has 0 amide bonds. The van der Waals surface area contributed by atoms with E-state index in [1.54, 1.807) is 0 Å². The molecule has 0 N–H and O–H groups in total. The van der Waals surface area contributed by atoms with E-state index in [9.17, 15) is 38.4 Å². The molecule has 0 saturated heterocycles. The molecule has 0 unspecified atom stereocenters. The molecule has 16 nitrogen and oxygen atoms in total. The van der Waals surface area contributed by atoms with Crippen LogP contribution in [0.25, 0.3) is 0 Å². The first-order valence-electron chi connectivity index (χ1n) is 51.9. The third-order valence-corrected chi connectivity index (χ3v) is 25.6. The lowest BCUT2D eigenvalue weighted by Gasteiger charge is -2.51. The van der Waals surface area contributed by atoms with Crippen LogP contribution in [-0.4, -0.2) is 98.1 Å². The van der Waals surface area contributed by atoms with E-state index in [0.29, 0.717) is 42.5 Å². The van der Waals surface area contributed by atoms with Gasteiger partial charge >= 0.3 is 47.8 Å². The smallest absolute Gasteiger partial charge is 0.311 e. The van der Waals surface area contributed by atoms with E-state index >= 15 is 0 Å². The normalized spacial score (nSPS) is 22.8. The summed E-state index contributed by atoms with van der Waals surface area (Å²) in [5.74, 6) is 4.64. The molecular formula is C112H224O16. The largest absolute Gasteiger partial charge is 0.465 e. The molecule has 7 aliphatic rings. The molecule has 0 aromatic rings. The molecule has 16 heteroatoms. The molecule has 0 heterocycles. The van der Waals surface area contributed by atoms with Crippen molar-refractivity contribution in [3.05, 3.63) is 0 Å². The molecule has 768 valence electrons. The van der Waals surface area contributed by atoms with Crippen LogP contribution in [0.2, 0.25) is 0 Å². The molecule has 0 spiro atoms. The standard InChI is InChI=1S/C15H28O2.3C13H24O2.C13H26O2.2C12H22O2.C7H12O2.7C2H6/c1-13(2,3)12(16)17-11-15(14(4,5)6)9-7-8-10-15;1-9(14)15-11-7-10(8-11)13(5,6)12(2,3)4;1-10-5-7-11(8-6-10)9-15-12(14)13(2,3)4;1-5-10-6-8-11(9-7-10)15-12(14)13(2,3)4;1-11(2,3)10(14)15-9-13(7,8)12(4,5)6;2*1-9-5-7-10(8-6-9)14-11(13)12(2,3)4;1-5-3-7(4-5)9-6(2)8;7*1-2/h7-11H2,1-6H3;10-11H,7-8H2,1-6H3;2*10-11H,5-9H2,1-4H3;9H2,1-8H3;2*9-10H,5-8H2,1-4H3;5,7H,3-4H2,1-2H3;7*1-2H3. The van der Waals surface area contributed by atoms with Gasteiger partial charge < -0.3 is 37.9 Å². The van der Waals surface area contributed by atoms with Gasteiger partial charge in [-0.15, -0.1) is 0 Å². The lowest BCUT2D eigenvalue weighted by Crippen LogP contribution is -2.46. The van der Waals surface area contributed by atoms with E-state index in [-0.39, 0.29) is 122 Å². The Labute approximate surface area is 796 Å². The van der Waals surface area contributed by atoms with E-state index in [2.05, 4.69) is 125 Å². The van der Waals surface area contributed by atoms with Gasteiger partial charge in [0.1, 0.15) is 30.5 Å². The summed E-state index contributed by atoms with van der Waals surface area (Å²) >= 11 is 0. The number of hydrogen-bond acceptors (Lipinski definition) is 16. The Balaban J connectivity index is -0.000000210. The Hall–Kier alpha value is -4.24. The maximum atomic E-state index is 11.9. The van der Waals surface area contributed by atoms with Crippen LogP contribution < -0.4 is 0 Å². The van der Waals surface area contributed by atoms with Crippen molar-refractivity contribution < 1.29 is 76.3 Å². The Morgan fingerprint density at radius 3 is 0.797 bits per heavy atom. The van der Waals surface area contributed by atoms with E-state index < -0.39 is 10.8 Å². The van der Waals surface area contributed by atoms with Gasteiger partial charge in [0, 0.05) is 24.7 Å². The molecule has 0 aromatic heterocycles. The molecule has 7 aliphatic carbocycles. The number of hydrogen-bond donors (Lipinski definition) is 0. The van der Waals surface area contributed by atoms with Crippen molar-refractivity contribution in [2.45, 2.75) is 551 Å². The first-order chi connectivity index (χ1) is 58.4. The summed E-state index contributed by atoms with van der Waals surface area (Å²) in [6.07, 6.45) is 29.8. The van der Waals surface area contributed by atoms with Crippen LogP contribution in [0.5, 0.6) is 0 Å². The second kappa shape index (κ2) is 67.9. The summed E-state index contributed by atoms with van der Waals surface area (Å²) in [7, 11) is 0. The minimum absolute atomic E-state index is 0.00604. The molecule has 7 rings (SSSR count). The fourth-order valence-corrected chi connectivity index (χ4v) is 13.8. The lowest BCUT2D eigenvalue weighted by atomic mass is 9.55. The monoisotopic (exact) mass is 1830 g/mol. The molecule has 7 fully saturated rings. The van der Waals surface area contributed by atoms with Crippen molar-refractivity contribution in [1.29, 1.82) is 0 Å². The highest BCUT2D eigenvalue weighted by atomic mass is 16.6. The van der Waals surface area contributed by atoms with Crippen molar-refractivity contribution in [1.82, 2.24) is 0 Å². The third kappa shape index (κ3) is 62.3. The van der Waals surface area contributed by atoms with Crippen LogP contribution >= 0.6 is 0 Å². The zero-order chi connectivity index (χ0) is 103. The Morgan fingerprint density at radius 1 is 0.289 bits per heavy atom. The van der Waals surface area contributed by atoms with Crippen LogP contribution in [-0.2, 0) is 76.3 Å². The van der Waals surface area contributed by atoms with Gasteiger partial charge in [0.15, 0.2) is 0 Å². The van der Waals surface area contributed by atoms with E-state index in [1.807, 2.05) is 222 Å². The Bertz CT molecular complexity index is 2760. The van der Waals surface area contributed by atoms with E-state index in [1.165, 1.54) is 110 Å². The second-order valence-corrected chi connectivity index (χ2v) is 46.5. The summed E-state index contributed by atoms with van der Waals surface area (Å²) in [5.41, 5.74) is -1.10. The summed E-state index contributed by atoms with van der Waals surface area (Å²) in [6, 6.07) is 0. The quantitative estimate of drug-likeness (QED) is 0.124. The van der Waals surface area contributed by atoms with Gasteiger partial charge in [-0.05, 0) is 316 Å². The average Bonchev–Trinajstić information content (AvgIpc) is 0.999. The van der Waals surface area contributed by atoms with Crippen LogP contribution in [0.4, 0.5) is 0 Å². The molecular weight excluding hydrogens is 1600 g/mol. The summed E-state index contributed by atoms with van der Waals surface area (Å²) in [5, 5.41) is 0. The second-order valence-electron chi connectivity index (χ2n) is 46.5. The van der Waals surface area contributed by atoms with Gasteiger partial charge in [0.2, 0.25) is 0 Å². The highest BCUT2D eigenvalue weighted by Gasteiger charge is 2.48. The fraction of sp³-hybridized carbons (Fsp3) is 0.929. The zero-order valence-electron chi connectivity index (χ0n) is 95.3. The highest BCUT2D eigenvalue weighted by Crippen LogP contribution is 2.53.